The van der Waals surface area contributed by atoms with E-state index < -0.39 is 0 Å². The first-order valence-corrected chi connectivity index (χ1v) is 11.7. The highest BCUT2D eigenvalue weighted by molar-refractivity contribution is 7.21. The van der Waals surface area contributed by atoms with Crippen LogP contribution in [0.25, 0.3) is 26.5 Å². The van der Waals surface area contributed by atoms with E-state index >= 15 is 0 Å². The fourth-order valence-electron chi connectivity index (χ4n) is 3.51. The highest BCUT2D eigenvalue weighted by atomic mass is 32.1. The second kappa shape index (κ2) is 8.42. The highest BCUT2D eigenvalue weighted by Crippen LogP contribution is 2.31. The lowest BCUT2D eigenvalue weighted by Crippen LogP contribution is -2.04. The maximum atomic E-state index is 4.97. The second-order valence-electron chi connectivity index (χ2n) is 7.23. The summed E-state index contributed by atoms with van der Waals surface area (Å²) < 4.78 is 1.20. The highest BCUT2D eigenvalue weighted by Gasteiger charge is 2.12. The molecular formula is C27H20N2S2. The molecule has 0 fully saturated rings. The van der Waals surface area contributed by atoms with E-state index in [2.05, 4.69) is 79.5 Å². The summed E-state index contributed by atoms with van der Waals surface area (Å²) in [7, 11) is 0. The van der Waals surface area contributed by atoms with Crippen molar-refractivity contribution in [2.45, 2.75) is 6.92 Å². The van der Waals surface area contributed by atoms with Gasteiger partial charge in [-0.25, -0.2) is 9.98 Å². The van der Waals surface area contributed by atoms with Crippen LogP contribution in [0.5, 0.6) is 0 Å². The molecule has 5 rings (SSSR count). The Morgan fingerprint density at radius 3 is 2.29 bits per heavy atom. The van der Waals surface area contributed by atoms with Gasteiger partial charge < -0.3 is 0 Å². The Bertz CT molecular complexity index is 1360. The summed E-state index contributed by atoms with van der Waals surface area (Å²) in [5, 5.41) is 3.14. The van der Waals surface area contributed by atoms with Crippen LogP contribution in [0.3, 0.4) is 0 Å². The molecule has 0 bridgehead atoms. The summed E-state index contributed by atoms with van der Waals surface area (Å²) in [5.41, 5.74) is 7.11. The largest absolute Gasteiger partial charge is 0.248 e. The lowest BCUT2D eigenvalue weighted by atomic mass is 10.0. The topological polar surface area (TPSA) is 25.2 Å². The first-order chi connectivity index (χ1) is 15.2. The molecule has 2 nitrogen and oxygen atoms in total. The summed E-state index contributed by atoms with van der Waals surface area (Å²) in [6.45, 7) is 6.40. The van der Waals surface area contributed by atoms with Gasteiger partial charge in [0.15, 0.2) is 0 Å². The molecule has 3 aromatic carbocycles. The number of aromatic nitrogens is 1. The third-order valence-electron chi connectivity index (χ3n) is 5.17. The smallest absolute Gasteiger partial charge is 0.124 e. The van der Waals surface area contributed by atoms with Crippen LogP contribution in [0.4, 0.5) is 0 Å². The van der Waals surface area contributed by atoms with Gasteiger partial charge in [-0.2, -0.15) is 0 Å². The third-order valence-corrected chi connectivity index (χ3v) is 7.10. The van der Waals surface area contributed by atoms with Gasteiger partial charge in [-0.3, -0.25) is 0 Å². The molecule has 0 saturated heterocycles. The van der Waals surface area contributed by atoms with E-state index in [9.17, 15) is 0 Å². The number of hydrogen-bond donors (Lipinski definition) is 0. The molecule has 2 heterocycles. The number of thiophene rings is 1. The lowest BCUT2D eigenvalue weighted by Gasteiger charge is -2.09. The average molecular weight is 437 g/mol. The molecule has 0 amide bonds. The van der Waals surface area contributed by atoms with E-state index in [-0.39, 0.29) is 0 Å². The first kappa shape index (κ1) is 19.6. The Labute approximate surface area is 189 Å². The van der Waals surface area contributed by atoms with Gasteiger partial charge in [0.2, 0.25) is 0 Å². The number of thiazole rings is 1. The fourth-order valence-corrected chi connectivity index (χ4v) is 5.18. The Morgan fingerprint density at radius 1 is 0.839 bits per heavy atom. The zero-order chi connectivity index (χ0) is 21.2. The van der Waals surface area contributed by atoms with E-state index in [1.54, 1.807) is 22.7 Å². The Kier molecular flexibility index (Phi) is 5.33. The van der Waals surface area contributed by atoms with Gasteiger partial charge in [0, 0.05) is 21.6 Å². The van der Waals surface area contributed by atoms with E-state index in [0.717, 1.165) is 44.2 Å². The van der Waals surface area contributed by atoms with Crippen molar-refractivity contribution in [3.8, 4) is 10.6 Å². The number of aliphatic imine (C=N–C) groups is 1. The Hall–Kier alpha value is -3.34. The molecule has 0 spiro atoms. The van der Waals surface area contributed by atoms with Gasteiger partial charge in [0.1, 0.15) is 5.01 Å². The SMILES string of the molecule is C=C(N=C(c1ccccc1)c1ccsc1C)c1ccc(-c2nc3ccccc3s2)cc1. The van der Waals surface area contributed by atoms with Crippen LogP contribution < -0.4 is 0 Å². The van der Waals surface area contributed by atoms with E-state index in [4.69, 9.17) is 9.98 Å². The van der Waals surface area contributed by atoms with Crippen LogP contribution in [0, 0.1) is 6.92 Å². The molecule has 0 aliphatic heterocycles. The molecule has 4 heteroatoms. The van der Waals surface area contributed by atoms with Gasteiger partial charge in [0.05, 0.1) is 21.6 Å². The van der Waals surface area contributed by atoms with Crippen molar-refractivity contribution in [2.75, 3.05) is 0 Å². The summed E-state index contributed by atoms with van der Waals surface area (Å²) >= 11 is 3.45. The normalized spacial score (nSPS) is 11.7. The molecule has 0 atom stereocenters. The predicted octanol–water partition coefficient (Wildman–Crippen LogP) is 7.84. The van der Waals surface area contributed by atoms with Crippen molar-refractivity contribution in [1.29, 1.82) is 0 Å². The molecule has 0 N–H and O–H groups in total. The summed E-state index contributed by atoms with van der Waals surface area (Å²) in [5.74, 6) is 0. The molecule has 0 unspecified atom stereocenters. The van der Waals surface area contributed by atoms with Crippen molar-refractivity contribution in [3.05, 3.63) is 118 Å². The zero-order valence-corrected chi connectivity index (χ0v) is 18.7. The van der Waals surface area contributed by atoms with Crippen molar-refractivity contribution in [3.63, 3.8) is 0 Å². The molecule has 0 saturated carbocycles. The molecular weight excluding hydrogens is 416 g/mol. The number of hydrogen-bond acceptors (Lipinski definition) is 4. The molecule has 31 heavy (non-hydrogen) atoms. The number of benzene rings is 3. The number of nitrogens with zero attached hydrogens (tertiary/aromatic N) is 2. The predicted molar refractivity (Wildman–Crippen MR) is 135 cm³/mol. The summed E-state index contributed by atoms with van der Waals surface area (Å²) in [4.78, 5) is 11.0. The van der Waals surface area contributed by atoms with Crippen LogP contribution >= 0.6 is 22.7 Å². The minimum atomic E-state index is 0.750. The van der Waals surface area contributed by atoms with Gasteiger partial charge in [-0.1, -0.05) is 73.3 Å². The van der Waals surface area contributed by atoms with Crippen molar-refractivity contribution >= 4 is 44.3 Å². The minimum absolute atomic E-state index is 0.750. The fraction of sp³-hybridized carbons (Fsp3) is 0.0370. The molecule has 150 valence electrons. The second-order valence-corrected chi connectivity index (χ2v) is 9.38. The lowest BCUT2D eigenvalue weighted by molar-refractivity contribution is 1.45. The van der Waals surface area contributed by atoms with Crippen LogP contribution in [0.15, 0.2) is 102 Å². The van der Waals surface area contributed by atoms with Crippen molar-refractivity contribution < 1.29 is 0 Å². The monoisotopic (exact) mass is 436 g/mol. The summed E-state index contributed by atoms with van der Waals surface area (Å²) in [6.07, 6.45) is 0. The maximum absolute atomic E-state index is 4.97. The maximum Gasteiger partial charge on any atom is 0.124 e. The number of para-hydroxylation sites is 1. The van der Waals surface area contributed by atoms with Crippen molar-refractivity contribution in [1.82, 2.24) is 4.98 Å². The first-order valence-electron chi connectivity index (χ1n) is 10.0. The van der Waals surface area contributed by atoms with Crippen LogP contribution in [-0.2, 0) is 0 Å². The van der Waals surface area contributed by atoms with Crippen LogP contribution in [-0.4, -0.2) is 10.7 Å². The molecule has 0 aliphatic rings. The standard InChI is InChI=1S/C27H20N2S2/c1-18(28-26(21-8-4-3-5-9-21)23-16-17-30-19(23)2)20-12-14-22(15-13-20)27-29-24-10-6-7-11-25(24)31-27/h3-17H,1H2,2H3. The Balaban J connectivity index is 1.48. The summed E-state index contributed by atoms with van der Waals surface area (Å²) in [6, 6.07) is 29.0. The number of aryl methyl sites for hydroxylation is 1. The van der Waals surface area contributed by atoms with Crippen LogP contribution in [0.1, 0.15) is 21.6 Å². The van der Waals surface area contributed by atoms with Gasteiger partial charge in [0.25, 0.3) is 0 Å². The van der Waals surface area contributed by atoms with Crippen LogP contribution in [0.2, 0.25) is 0 Å². The Morgan fingerprint density at radius 2 is 1.58 bits per heavy atom. The minimum Gasteiger partial charge on any atom is -0.248 e. The van der Waals surface area contributed by atoms with E-state index in [1.807, 2.05) is 24.3 Å². The van der Waals surface area contributed by atoms with Crippen molar-refractivity contribution in [2.24, 2.45) is 4.99 Å². The average Bonchev–Trinajstić information content (AvgIpc) is 3.44. The van der Waals surface area contributed by atoms with Gasteiger partial charge in [-0.15, -0.1) is 22.7 Å². The number of rotatable bonds is 5. The van der Waals surface area contributed by atoms with Gasteiger partial charge >= 0.3 is 0 Å². The molecule has 5 aromatic rings. The van der Waals surface area contributed by atoms with Gasteiger partial charge in [-0.05, 0) is 36.1 Å². The zero-order valence-electron chi connectivity index (χ0n) is 17.1. The van der Waals surface area contributed by atoms with E-state index in [1.165, 1.54) is 9.58 Å². The number of fused-ring (bicyclic) bond motifs is 1. The third kappa shape index (κ3) is 4.00. The van der Waals surface area contributed by atoms with E-state index in [0.29, 0.717) is 0 Å². The molecule has 0 radical (unpaired) electrons. The molecule has 0 aliphatic carbocycles. The quantitative estimate of drug-likeness (QED) is 0.258. The molecule has 2 aromatic heterocycles.